The molecule has 0 spiro atoms. The van der Waals surface area contributed by atoms with Crippen molar-refractivity contribution in [1.29, 1.82) is 0 Å². The highest BCUT2D eigenvalue weighted by atomic mass is 15.1. The molecule has 0 radical (unpaired) electrons. The Hall–Kier alpha value is -0.930. The van der Waals surface area contributed by atoms with E-state index in [1.54, 1.807) is 0 Å². The average molecular weight is 249 g/mol. The molecule has 1 aromatic rings. The fraction of sp³-hybridized carbons (Fsp3) is 0.667. The summed E-state index contributed by atoms with van der Waals surface area (Å²) in [5.74, 6) is 0.574. The Kier molecular flexibility index (Phi) is 6.30. The lowest BCUT2D eigenvalue weighted by Crippen LogP contribution is -2.41. The molecule has 0 aliphatic rings. The van der Waals surface area contributed by atoms with Gasteiger partial charge in [-0.1, -0.05) is 33.3 Å². The lowest BCUT2D eigenvalue weighted by molar-refractivity contribution is 0.232. The first-order valence-electron chi connectivity index (χ1n) is 6.97. The second kappa shape index (κ2) is 7.49. The maximum absolute atomic E-state index is 6.23. The van der Waals surface area contributed by atoms with Gasteiger partial charge in [-0.3, -0.25) is 9.88 Å². The maximum atomic E-state index is 6.23. The van der Waals surface area contributed by atoms with Crippen LogP contribution >= 0.6 is 0 Å². The number of pyridine rings is 1. The van der Waals surface area contributed by atoms with E-state index in [0.717, 1.165) is 37.4 Å². The zero-order chi connectivity index (χ0) is 13.5. The quantitative estimate of drug-likeness (QED) is 0.807. The van der Waals surface area contributed by atoms with Gasteiger partial charge in [0.1, 0.15) is 0 Å². The molecule has 102 valence electrons. The van der Waals surface area contributed by atoms with Crippen LogP contribution in [0.4, 0.5) is 0 Å². The molecule has 0 amide bonds. The van der Waals surface area contributed by atoms with Crippen molar-refractivity contribution in [2.75, 3.05) is 13.1 Å². The summed E-state index contributed by atoms with van der Waals surface area (Å²) >= 11 is 0. The largest absolute Gasteiger partial charge is 0.326 e. The number of nitrogens with two attached hydrogens (primary N) is 1. The summed E-state index contributed by atoms with van der Waals surface area (Å²) in [5, 5.41) is 0. The molecule has 1 heterocycles. The Labute approximate surface area is 111 Å². The molecule has 2 atom stereocenters. The smallest absolute Gasteiger partial charge is 0.0547 e. The van der Waals surface area contributed by atoms with Crippen LogP contribution in [0.3, 0.4) is 0 Å². The third kappa shape index (κ3) is 4.75. The number of likely N-dealkylation sites (N-methyl/N-ethyl adjacent to an activating group) is 1. The van der Waals surface area contributed by atoms with E-state index in [0.29, 0.717) is 5.92 Å². The van der Waals surface area contributed by atoms with E-state index in [1.807, 2.05) is 13.0 Å². The molecule has 0 saturated heterocycles. The Morgan fingerprint density at radius 1 is 1.33 bits per heavy atom. The van der Waals surface area contributed by atoms with Crippen LogP contribution in [-0.2, 0) is 6.54 Å². The zero-order valence-electron chi connectivity index (χ0n) is 12.2. The van der Waals surface area contributed by atoms with Crippen LogP contribution in [0.1, 0.15) is 38.6 Å². The van der Waals surface area contributed by atoms with Crippen molar-refractivity contribution < 1.29 is 0 Å². The van der Waals surface area contributed by atoms with E-state index in [1.165, 1.54) is 0 Å². The second-order valence-corrected chi connectivity index (χ2v) is 5.15. The van der Waals surface area contributed by atoms with Crippen LogP contribution in [0, 0.1) is 12.8 Å². The number of rotatable bonds is 7. The van der Waals surface area contributed by atoms with Crippen molar-refractivity contribution in [3.63, 3.8) is 0 Å². The fourth-order valence-electron chi connectivity index (χ4n) is 2.00. The minimum absolute atomic E-state index is 0.250. The minimum Gasteiger partial charge on any atom is -0.326 e. The SMILES string of the molecule is CCC(C)C(N)CN(CC)Cc1cccc(C)n1. The fourth-order valence-corrected chi connectivity index (χ4v) is 2.00. The Morgan fingerprint density at radius 2 is 2.06 bits per heavy atom. The molecule has 0 aliphatic heterocycles. The molecule has 0 aliphatic carbocycles. The predicted octanol–water partition coefficient (Wildman–Crippen LogP) is 2.59. The van der Waals surface area contributed by atoms with Crippen molar-refractivity contribution in [3.05, 3.63) is 29.6 Å². The third-order valence-electron chi connectivity index (χ3n) is 3.62. The van der Waals surface area contributed by atoms with E-state index in [9.17, 15) is 0 Å². The van der Waals surface area contributed by atoms with Crippen molar-refractivity contribution in [2.24, 2.45) is 11.7 Å². The van der Waals surface area contributed by atoms with Gasteiger partial charge in [0.15, 0.2) is 0 Å². The van der Waals surface area contributed by atoms with Crippen molar-refractivity contribution in [1.82, 2.24) is 9.88 Å². The van der Waals surface area contributed by atoms with Crippen molar-refractivity contribution in [2.45, 2.75) is 46.7 Å². The van der Waals surface area contributed by atoms with E-state index in [4.69, 9.17) is 5.73 Å². The minimum atomic E-state index is 0.250. The molecule has 0 saturated carbocycles. The van der Waals surface area contributed by atoms with Gasteiger partial charge in [-0.05, 0) is 31.5 Å². The summed E-state index contributed by atoms with van der Waals surface area (Å²) in [5.41, 5.74) is 8.44. The van der Waals surface area contributed by atoms with Gasteiger partial charge in [-0.15, -0.1) is 0 Å². The molecular weight excluding hydrogens is 222 g/mol. The summed E-state index contributed by atoms with van der Waals surface area (Å²) in [6.07, 6.45) is 1.14. The molecule has 2 N–H and O–H groups in total. The van der Waals surface area contributed by atoms with Crippen LogP contribution < -0.4 is 5.73 Å². The van der Waals surface area contributed by atoms with E-state index in [2.05, 4.69) is 42.8 Å². The summed E-state index contributed by atoms with van der Waals surface area (Å²) in [7, 11) is 0. The molecule has 0 aromatic carbocycles. The van der Waals surface area contributed by atoms with E-state index >= 15 is 0 Å². The summed E-state index contributed by atoms with van der Waals surface area (Å²) in [6.45, 7) is 11.5. The highest BCUT2D eigenvalue weighted by Crippen LogP contribution is 2.09. The van der Waals surface area contributed by atoms with Gasteiger partial charge in [-0.2, -0.15) is 0 Å². The lowest BCUT2D eigenvalue weighted by Gasteiger charge is -2.27. The van der Waals surface area contributed by atoms with Crippen LogP contribution in [-0.4, -0.2) is 29.0 Å². The Morgan fingerprint density at radius 3 is 2.61 bits per heavy atom. The standard InChI is InChI=1S/C15H27N3/c1-5-12(3)15(16)11-18(6-2)10-14-9-7-8-13(4)17-14/h7-9,12,15H,5-6,10-11,16H2,1-4H3. The highest BCUT2D eigenvalue weighted by molar-refractivity contribution is 5.09. The van der Waals surface area contributed by atoms with Crippen LogP contribution in [0.5, 0.6) is 0 Å². The van der Waals surface area contributed by atoms with Gasteiger partial charge in [-0.25, -0.2) is 0 Å². The van der Waals surface area contributed by atoms with Gasteiger partial charge in [0, 0.05) is 24.8 Å². The molecular formula is C15H27N3. The normalized spacial score (nSPS) is 14.8. The number of aryl methyl sites for hydroxylation is 1. The average Bonchev–Trinajstić information content (AvgIpc) is 2.36. The molecule has 1 rings (SSSR count). The molecule has 2 unspecified atom stereocenters. The van der Waals surface area contributed by atoms with E-state index < -0.39 is 0 Å². The highest BCUT2D eigenvalue weighted by Gasteiger charge is 2.15. The number of hydrogen-bond donors (Lipinski definition) is 1. The number of hydrogen-bond acceptors (Lipinski definition) is 3. The molecule has 18 heavy (non-hydrogen) atoms. The zero-order valence-corrected chi connectivity index (χ0v) is 12.2. The van der Waals surface area contributed by atoms with Crippen molar-refractivity contribution >= 4 is 0 Å². The molecule has 0 fully saturated rings. The molecule has 3 nitrogen and oxygen atoms in total. The summed E-state index contributed by atoms with van der Waals surface area (Å²) in [4.78, 5) is 6.92. The predicted molar refractivity (Wildman–Crippen MR) is 77.4 cm³/mol. The number of aromatic nitrogens is 1. The summed E-state index contributed by atoms with van der Waals surface area (Å²) in [6, 6.07) is 6.44. The van der Waals surface area contributed by atoms with Gasteiger partial charge < -0.3 is 5.73 Å². The monoisotopic (exact) mass is 249 g/mol. The van der Waals surface area contributed by atoms with Crippen molar-refractivity contribution in [3.8, 4) is 0 Å². The third-order valence-corrected chi connectivity index (χ3v) is 3.62. The lowest BCUT2D eigenvalue weighted by atomic mass is 9.99. The topological polar surface area (TPSA) is 42.1 Å². The maximum Gasteiger partial charge on any atom is 0.0547 e. The summed E-state index contributed by atoms with van der Waals surface area (Å²) < 4.78 is 0. The second-order valence-electron chi connectivity index (χ2n) is 5.15. The Balaban J connectivity index is 2.57. The van der Waals surface area contributed by atoms with Gasteiger partial charge in [0.2, 0.25) is 0 Å². The van der Waals surface area contributed by atoms with Crippen LogP contribution in [0.25, 0.3) is 0 Å². The van der Waals surface area contributed by atoms with Gasteiger partial charge >= 0.3 is 0 Å². The molecule has 3 heteroatoms. The van der Waals surface area contributed by atoms with E-state index in [-0.39, 0.29) is 6.04 Å². The molecule has 1 aromatic heterocycles. The Bertz CT molecular complexity index is 351. The van der Waals surface area contributed by atoms with Gasteiger partial charge in [0.25, 0.3) is 0 Å². The van der Waals surface area contributed by atoms with Crippen LogP contribution in [0.2, 0.25) is 0 Å². The number of nitrogens with zero attached hydrogens (tertiary/aromatic N) is 2. The van der Waals surface area contributed by atoms with Gasteiger partial charge in [0.05, 0.1) is 5.69 Å². The molecule has 0 bridgehead atoms. The van der Waals surface area contributed by atoms with Crippen LogP contribution in [0.15, 0.2) is 18.2 Å². The first-order chi connectivity index (χ1) is 8.56. The first kappa shape index (κ1) is 15.1. The first-order valence-corrected chi connectivity index (χ1v) is 6.97.